The second-order valence-electron chi connectivity index (χ2n) is 4.83. The van der Waals surface area contributed by atoms with Crippen molar-refractivity contribution in [3.05, 3.63) is 56.7 Å². The van der Waals surface area contributed by atoms with Crippen molar-refractivity contribution in [1.29, 1.82) is 0 Å². The maximum Gasteiger partial charge on any atom is 0.408 e. The van der Waals surface area contributed by atoms with Gasteiger partial charge in [-0.1, -0.05) is 30.3 Å². The Bertz CT molecular complexity index is 731. The molecule has 2 N–H and O–H groups in total. The Hall–Kier alpha value is -2.19. The van der Waals surface area contributed by atoms with Gasteiger partial charge in [-0.2, -0.15) is 0 Å². The number of ketones is 1. The van der Waals surface area contributed by atoms with E-state index in [0.717, 1.165) is 9.35 Å². The number of amides is 1. The third-order valence-electron chi connectivity index (χ3n) is 3.04. The minimum absolute atomic E-state index is 0.0187. The van der Waals surface area contributed by atoms with Gasteiger partial charge in [0.2, 0.25) is 0 Å². The Balaban J connectivity index is 1.89. The highest BCUT2D eigenvalue weighted by molar-refractivity contribution is 9.11. The number of hydrogen-bond acceptors (Lipinski definition) is 5. The monoisotopic (exact) mass is 411 g/mol. The van der Waals surface area contributed by atoms with E-state index in [1.807, 2.05) is 6.07 Å². The van der Waals surface area contributed by atoms with Crippen LogP contribution < -0.4 is 5.32 Å². The summed E-state index contributed by atoms with van der Waals surface area (Å²) in [5.74, 6) is -1.66. The van der Waals surface area contributed by atoms with E-state index in [1.54, 1.807) is 36.4 Å². The fraction of sp³-hybridized carbons (Fsp3) is 0.188. The minimum Gasteiger partial charge on any atom is -0.480 e. The van der Waals surface area contributed by atoms with Gasteiger partial charge in [-0.25, -0.2) is 9.59 Å². The van der Waals surface area contributed by atoms with Crippen molar-refractivity contribution >= 4 is 45.1 Å². The fourth-order valence-corrected chi connectivity index (χ4v) is 3.19. The van der Waals surface area contributed by atoms with Gasteiger partial charge >= 0.3 is 12.1 Å². The van der Waals surface area contributed by atoms with E-state index >= 15 is 0 Å². The van der Waals surface area contributed by atoms with Crippen LogP contribution in [0.5, 0.6) is 0 Å². The molecule has 0 spiro atoms. The molecular formula is C16H14BrNO5S. The van der Waals surface area contributed by atoms with Gasteiger partial charge in [-0.3, -0.25) is 4.79 Å². The van der Waals surface area contributed by atoms with Gasteiger partial charge in [0.05, 0.1) is 8.66 Å². The van der Waals surface area contributed by atoms with Crippen LogP contribution in [0, 0.1) is 0 Å². The summed E-state index contributed by atoms with van der Waals surface area (Å²) in [6.45, 7) is 0.0187. The molecule has 0 aliphatic rings. The van der Waals surface area contributed by atoms with Crippen LogP contribution in [-0.2, 0) is 16.1 Å². The van der Waals surface area contributed by atoms with Crippen LogP contribution in [0.2, 0.25) is 0 Å². The zero-order valence-corrected chi connectivity index (χ0v) is 14.8. The van der Waals surface area contributed by atoms with Crippen molar-refractivity contribution in [2.24, 2.45) is 0 Å². The summed E-state index contributed by atoms with van der Waals surface area (Å²) in [6.07, 6.45) is -1.23. The number of carbonyl (C=O) groups excluding carboxylic acids is 2. The molecule has 0 saturated heterocycles. The van der Waals surface area contributed by atoms with Crippen LogP contribution in [0.25, 0.3) is 0 Å². The van der Waals surface area contributed by atoms with Gasteiger partial charge in [-0.15, -0.1) is 11.3 Å². The molecule has 0 aliphatic heterocycles. The molecule has 1 aromatic heterocycles. The minimum atomic E-state index is -1.35. The molecule has 0 saturated carbocycles. The lowest BCUT2D eigenvalue weighted by atomic mass is 10.1. The number of carbonyl (C=O) groups is 3. The number of nitrogens with one attached hydrogen (secondary N) is 1. The molecule has 8 heteroatoms. The third kappa shape index (κ3) is 5.47. The third-order valence-corrected chi connectivity index (χ3v) is 4.71. The molecule has 2 aromatic rings. The summed E-state index contributed by atoms with van der Waals surface area (Å²) in [5.41, 5.74) is 0.777. The number of rotatable bonds is 7. The number of thiophene rings is 1. The molecule has 0 bridgehead atoms. The van der Waals surface area contributed by atoms with E-state index in [-0.39, 0.29) is 18.8 Å². The Morgan fingerprint density at radius 3 is 2.46 bits per heavy atom. The second kappa shape index (κ2) is 8.60. The highest BCUT2D eigenvalue weighted by Gasteiger charge is 2.25. The first-order valence-electron chi connectivity index (χ1n) is 6.94. The molecule has 0 aliphatic carbocycles. The smallest absolute Gasteiger partial charge is 0.408 e. The van der Waals surface area contributed by atoms with E-state index in [2.05, 4.69) is 21.2 Å². The van der Waals surface area contributed by atoms with Gasteiger partial charge in [0.1, 0.15) is 12.6 Å². The Morgan fingerprint density at radius 1 is 1.17 bits per heavy atom. The Kier molecular flexibility index (Phi) is 6.51. The molecule has 126 valence electrons. The highest BCUT2D eigenvalue weighted by atomic mass is 79.9. The van der Waals surface area contributed by atoms with Gasteiger partial charge in [-0.05, 0) is 33.6 Å². The van der Waals surface area contributed by atoms with Gasteiger partial charge in [0.15, 0.2) is 5.78 Å². The number of aliphatic carboxylic acids is 1. The lowest BCUT2D eigenvalue weighted by Gasteiger charge is -2.13. The summed E-state index contributed by atoms with van der Waals surface area (Å²) >= 11 is 4.45. The van der Waals surface area contributed by atoms with Crippen LogP contribution in [0.15, 0.2) is 46.3 Å². The average Bonchev–Trinajstić information content (AvgIpc) is 3.00. The summed E-state index contributed by atoms with van der Waals surface area (Å²) in [5, 5.41) is 11.4. The van der Waals surface area contributed by atoms with E-state index in [0.29, 0.717) is 4.88 Å². The SMILES string of the molecule is O=C(NC(CC(=O)c1ccc(Br)s1)C(=O)O)OCc1ccccc1. The van der Waals surface area contributed by atoms with Crippen molar-refractivity contribution < 1.29 is 24.2 Å². The lowest BCUT2D eigenvalue weighted by Crippen LogP contribution is -2.42. The summed E-state index contributed by atoms with van der Waals surface area (Å²) in [6, 6.07) is 10.9. The van der Waals surface area contributed by atoms with Crippen LogP contribution in [0.3, 0.4) is 0 Å². The maximum absolute atomic E-state index is 12.1. The molecule has 1 atom stereocenters. The van der Waals surface area contributed by atoms with E-state index < -0.39 is 18.1 Å². The number of halogens is 1. The van der Waals surface area contributed by atoms with Crippen molar-refractivity contribution in [3.8, 4) is 0 Å². The Morgan fingerprint density at radius 2 is 1.88 bits per heavy atom. The standard InChI is InChI=1S/C16H14BrNO5S/c17-14-7-6-13(24-14)12(19)8-11(15(20)21)18-16(22)23-9-10-4-2-1-3-5-10/h1-7,11H,8-9H2,(H,18,22)(H,20,21). The predicted octanol–water partition coefficient (Wildman–Crippen LogP) is 3.46. The van der Waals surface area contributed by atoms with E-state index in [9.17, 15) is 19.5 Å². The summed E-state index contributed by atoms with van der Waals surface area (Å²) < 4.78 is 5.74. The molecule has 0 fully saturated rings. The van der Waals surface area contributed by atoms with E-state index in [1.165, 1.54) is 11.3 Å². The zero-order valence-electron chi connectivity index (χ0n) is 12.4. The molecule has 24 heavy (non-hydrogen) atoms. The van der Waals surface area contributed by atoms with Crippen molar-refractivity contribution in [1.82, 2.24) is 5.32 Å². The van der Waals surface area contributed by atoms with Gasteiger partial charge < -0.3 is 15.2 Å². The molecular weight excluding hydrogens is 398 g/mol. The van der Waals surface area contributed by atoms with Crippen LogP contribution in [-0.4, -0.2) is 29.0 Å². The molecule has 1 aromatic carbocycles. The fourth-order valence-electron chi connectivity index (χ4n) is 1.86. The maximum atomic E-state index is 12.1. The first kappa shape index (κ1) is 18.2. The second-order valence-corrected chi connectivity index (χ2v) is 7.29. The summed E-state index contributed by atoms with van der Waals surface area (Å²) in [7, 11) is 0. The predicted molar refractivity (Wildman–Crippen MR) is 92.2 cm³/mol. The highest BCUT2D eigenvalue weighted by Crippen LogP contribution is 2.23. The number of ether oxygens (including phenoxy) is 1. The van der Waals surface area contributed by atoms with Crippen LogP contribution >= 0.6 is 27.3 Å². The summed E-state index contributed by atoms with van der Waals surface area (Å²) in [4.78, 5) is 35.5. The normalized spacial score (nSPS) is 11.5. The lowest BCUT2D eigenvalue weighted by molar-refractivity contribution is -0.139. The number of carboxylic acid groups (broad SMARTS) is 1. The first-order valence-corrected chi connectivity index (χ1v) is 8.55. The van der Waals surface area contributed by atoms with E-state index in [4.69, 9.17) is 4.74 Å². The number of Topliss-reactive ketones (excluding diaryl/α,β-unsaturated/α-hetero) is 1. The largest absolute Gasteiger partial charge is 0.480 e. The molecule has 1 unspecified atom stereocenters. The number of benzene rings is 1. The molecule has 1 heterocycles. The number of alkyl carbamates (subject to hydrolysis) is 1. The number of carboxylic acids is 1. The quantitative estimate of drug-likeness (QED) is 0.680. The van der Waals surface area contributed by atoms with Crippen LogP contribution in [0.4, 0.5) is 4.79 Å². The van der Waals surface area contributed by atoms with Crippen LogP contribution in [0.1, 0.15) is 21.7 Å². The molecule has 1 amide bonds. The topological polar surface area (TPSA) is 92.7 Å². The zero-order chi connectivity index (χ0) is 17.5. The first-order chi connectivity index (χ1) is 11.5. The molecule has 0 radical (unpaired) electrons. The molecule has 2 rings (SSSR count). The van der Waals surface area contributed by atoms with Gasteiger partial charge in [0, 0.05) is 6.42 Å². The molecule has 6 nitrogen and oxygen atoms in total. The van der Waals surface area contributed by atoms with Crippen molar-refractivity contribution in [2.45, 2.75) is 19.1 Å². The Labute approximate surface area is 150 Å². The van der Waals surface area contributed by atoms with Crippen molar-refractivity contribution in [3.63, 3.8) is 0 Å². The van der Waals surface area contributed by atoms with Gasteiger partial charge in [0.25, 0.3) is 0 Å². The van der Waals surface area contributed by atoms with Crippen molar-refractivity contribution in [2.75, 3.05) is 0 Å². The number of hydrogen-bond donors (Lipinski definition) is 2. The average molecular weight is 412 g/mol.